The van der Waals surface area contributed by atoms with Gasteiger partial charge in [0.05, 0.1) is 11.9 Å². The first-order valence-electron chi connectivity index (χ1n) is 10.1. The summed E-state index contributed by atoms with van der Waals surface area (Å²) in [6.45, 7) is 1.11. The first-order valence-corrected chi connectivity index (χ1v) is 10.1. The molecule has 1 amide bonds. The van der Waals surface area contributed by atoms with Gasteiger partial charge >= 0.3 is 0 Å². The average Bonchev–Trinajstić information content (AvgIpc) is 3.38. The van der Waals surface area contributed by atoms with E-state index in [9.17, 15) is 9.18 Å². The van der Waals surface area contributed by atoms with E-state index in [0.29, 0.717) is 24.5 Å². The van der Waals surface area contributed by atoms with Gasteiger partial charge in [-0.2, -0.15) is 10.2 Å². The largest absolute Gasteiger partial charge is 0.332 e. The quantitative estimate of drug-likeness (QED) is 0.512. The SMILES string of the molecule is Cn1cc(C2CN(C(=O)c3cc(-c4ccc(F)cc4)nn3C)Cc3ccccc32)cn1. The van der Waals surface area contributed by atoms with Crippen molar-refractivity contribution in [2.24, 2.45) is 14.1 Å². The van der Waals surface area contributed by atoms with E-state index in [0.717, 1.165) is 16.7 Å². The van der Waals surface area contributed by atoms with Gasteiger partial charge in [-0.05, 0) is 47.0 Å². The number of benzene rings is 2. The molecule has 1 unspecified atom stereocenters. The molecule has 0 aliphatic carbocycles. The van der Waals surface area contributed by atoms with Crippen LogP contribution >= 0.6 is 0 Å². The van der Waals surface area contributed by atoms with Crippen LogP contribution < -0.4 is 0 Å². The van der Waals surface area contributed by atoms with Crippen molar-refractivity contribution in [3.63, 3.8) is 0 Å². The molecule has 31 heavy (non-hydrogen) atoms. The maximum atomic E-state index is 13.5. The molecule has 0 bridgehead atoms. The topological polar surface area (TPSA) is 56.0 Å². The van der Waals surface area contributed by atoms with E-state index in [1.807, 2.05) is 36.5 Å². The lowest BCUT2D eigenvalue weighted by Gasteiger charge is -2.34. The first-order chi connectivity index (χ1) is 15.0. The Kier molecular flexibility index (Phi) is 4.66. The molecule has 2 aromatic heterocycles. The summed E-state index contributed by atoms with van der Waals surface area (Å²) in [5.74, 6) is -0.316. The lowest BCUT2D eigenvalue weighted by molar-refractivity contribution is 0.0714. The Labute approximate surface area is 179 Å². The molecule has 0 spiro atoms. The van der Waals surface area contributed by atoms with E-state index >= 15 is 0 Å². The van der Waals surface area contributed by atoms with Crippen molar-refractivity contribution >= 4 is 5.91 Å². The molecule has 1 atom stereocenters. The van der Waals surface area contributed by atoms with Gasteiger partial charge in [0.25, 0.3) is 5.91 Å². The Hall–Kier alpha value is -3.74. The number of aryl methyl sites for hydroxylation is 2. The lowest BCUT2D eigenvalue weighted by Crippen LogP contribution is -2.39. The molecule has 0 radical (unpaired) electrons. The normalized spacial score (nSPS) is 15.7. The van der Waals surface area contributed by atoms with E-state index in [4.69, 9.17) is 0 Å². The maximum absolute atomic E-state index is 13.5. The van der Waals surface area contributed by atoms with E-state index in [1.165, 1.54) is 17.7 Å². The highest BCUT2D eigenvalue weighted by Gasteiger charge is 2.31. The number of nitrogens with zero attached hydrogens (tertiary/aromatic N) is 5. The number of rotatable bonds is 3. The minimum atomic E-state index is -0.301. The van der Waals surface area contributed by atoms with Gasteiger partial charge in [-0.1, -0.05) is 24.3 Å². The van der Waals surface area contributed by atoms with Crippen LogP contribution in [-0.4, -0.2) is 36.9 Å². The van der Waals surface area contributed by atoms with Crippen LogP contribution in [0.3, 0.4) is 0 Å². The Morgan fingerprint density at radius 1 is 1.10 bits per heavy atom. The zero-order chi connectivity index (χ0) is 21.5. The van der Waals surface area contributed by atoms with Crippen molar-refractivity contribution in [2.75, 3.05) is 6.54 Å². The molecule has 6 nitrogen and oxygen atoms in total. The van der Waals surface area contributed by atoms with Crippen molar-refractivity contribution in [3.8, 4) is 11.3 Å². The van der Waals surface area contributed by atoms with Crippen LogP contribution in [0, 0.1) is 5.82 Å². The fourth-order valence-corrected chi connectivity index (χ4v) is 4.26. The fraction of sp³-hybridized carbons (Fsp3) is 0.208. The highest BCUT2D eigenvalue weighted by molar-refractivity contribution is 5.94. The van der Waals surface area contributed by atoms with Gasteiger partial charge in [0.15, 0.2) is 0 Å². The number of carbonyl (C=O) groups excluding carboxylic acids is 1. The summed E-state index contributed by atoms with van der Waals surface area (Å²) < 4.78 is 16.6. The van der Waals surface area contributed by atoms with Gasteiger partial charge in [0.1, 0.15) is 11.5 Å². The monoisotopic (exact) mass is 415 g/mol. The van der Waals surface area contributed by atoms with Crippen LogP contribution in [0.25, 0.3) is 11.3 Å². The van der Waals surface area contributed by atoms with Gasteiger partial charge in [-0.3, -0.25) is 14.2 Å². The highest BCUT2D eigenvalue weighted by Crippen LogP contribution is 2.34. The number of hydrogen-bond donors (Lipinski definition) is 0. The molecular formula is C24H22FN5O. The predicted octanol–water partition coefficient (Wildman–Crippen LogP) is 3.75. The minimum absolute atomic E-state index is 0.0624. The van der Waals surface area contributed by atoms with E-state index in [1.54, 1.807) is 34.6 Å². The standard InChI is InChI=1S/C24H22FN5O/c1-28-13-18(12-26-28)21-15-30(14-17-5-3-4-6-20(17)21)24(31)23-11-22(27-29(23)2)16-7-9-19(25)10-8-16/h3-13,21H,14-15H2,1-2H3. The van der Waals surface area contributed by atoms with Crippen molar-refractivity contribution in [1.29, 1.82) is 0 Å². The molecule has 2 aromatic carbocycles. The van der Waals surface area contributed by atoms with Crippen molar-refractivity contribution in [3.05, 3.63) is 95.2 Å². The molecule has 0 saturated heterocycles. The second-order valence-electron chi connectivity index (χ2n) is 7.93. The highest BCUT2D eigenvalue weighted by atomic mass is 19.1. The maximum Gasteiger partial charge on any atom is 0.272 e. The fourth-order valence-electron chi connectivity index (χ4n) is 4.26. The van der Waals surface area contributed by atoms with Crippen LogP contribution in [0.5, 0.6) is 0 Å². The Morgan fingerprint density at radius 2 is 1.87 bits per heavy atom. The molecule has 0 N–H and O–H groups in total. The molecular weight excluding hydrogens is 393 g/mol. The average molecular weight is 415 g/mol. The van der Waals surface area contributed by atoms with Crippen LogP contribution in [0.4, 0.5) is 4.39 Å². The zero-order valence-electron chi connectivity index (χ0n) is 17.4. The van der Waals surface area contributed by atoms with Crippen molar-refractivity contribution in [2.45, 2.75) is 12.5 Å². The Morgan fingerprint density at radius 3 is 2.61 bits per heavy atom. The third-order valence-electron chi connectivity index (χ3n) is 5.85. The number of aromatic nitrogens is 4. The molecule has 1 aliphatic rings. The molecule has 0 fully saturated rings. The summed E-state index contributed by atoms with van der Waals surface area (Å²) in [5, 5.41) is 8.81. The molecule has 3 heterocycles. The summed E-state index contributed by atoms with van der Waals surface area (Å²) in [6, 6.07) is 16.1. The number of amides is 1. The molecule has 5 rings (SSSR count). The molecule has 156 valence electrons. The zero-order valence-corrected chi connectivity index (χ0v) is 17.4. The summed E-state index contributed by atoms with van der Waals surface area (Å²) in [6.07, 6.45) is 3.87. The van der Waals surface area contributed by atoms with Crippen molar-refractivity contribution < 1.29 is 9.18 Å². The van der Waals surface area contributed by atoms with E-state index < -0.39 is 0 Å². The van der Waals surface area contributed by atoms with Gasteiger partial charge in [-0.15, -0.1) is 0 Å². The summed E-state index contributed by atoms with van der Waals surface area (Å²) in [5.41, 5.74) is 5.38. The minimum Gasteiger partial charge on any atom is -0.332 e. The second kappa shape index (κ2) is 7.50. The molecule has 4 aromatic rings. The van der Waals surface area contributed by atoms with E-state index in [-0.39, 0.29) is 17.6 Å². The lowest BCUT2D eigenvalue weighted by atomic mass is 9.86. The van der Waals surface area contributed by atoms with Crippen molar-refractivity contribution in [1.82, 2.24) is 24.5 Å². The second-order valence-corrected chi connectivity index (χ2v) is 7.93. The third kappa shape index (κ3) is 3.52. The number of fused-ring (bicyclic) bond motifs is 1. The van der Waals surface area contributed by atoms with Gasteiger partial charge in [-0.25, -0.2) is 4.39 Å². The Balaban J connectivity index is 1.48. The van der Waals surface area contributed by atoms with Crippen LogP contribution in [0.15, 0.2) is 67.0 Å². The van der Waals surface area contributed by atoms with Gasteiger partial charge in [0.2, 0.25) is 0 Å². The smallest absolute Gasteiger partial charge is 0.272 e. The van der Waals surface area contributed by atoms with Gasteiger partial charge in [0, 0.05) is 44.9 Å². The van der Waals surface area contributed by atoms with Crippen LogP contribution in [0.1, 0.15) is 33.1 Å². The molecule has 7 heteroatoms. The number of halogens is 1. The molecule has 0 saturated carbocycles. The van der Waals surface area contributed by atoms with Crippen LogP contribution in [0.2, 0.25) is 0 Å². The summed E-state index contributed by atoms with van der Waals surface area (Å²) >= 11 is 0. The predicted molar refractivity (Wildman–Crippen MR) is 115 cm³/mol. The Bertz CT molecular complexity index is 1260. The third-order valence-corrected chi connectivity index (χ3v) is 5.85. The van der Waals surface area contributed by atoms with E-state index in [2.05, 4.69) is 22.3 Å². The molecule has 1 aliphatic heterocycles. The first kappa shape index (κ1) is 19.2. The van der Waals surface area contributed by atoms with Gasteiger partial charge < -0.3 is 4.90 Å². The summed E-state index contributed by atoms with van der Waals surface area (Å²) in [4.78, 5) is 15.4. The van der Waals surface area contributed by atoms with Crippen LogP contribution in [-0.2, 0) is 20.6 Å². The number of carbonyl (C=O) groups is 1. The number of hydrogen-bond acceptors (Lipinski definition) is 3. The summed E-state index contributed by atoms with van der Waals surface area (Å²) in [7, 11) is 3.66.